The molecule has 0 atom stereocenters. The standard InChI is InChI=1S/C13H8ClF3N2O4S/c1-23-9-3-2-6(13(15,16)17)4-7(9)18-12(20)10-5-8(19(21)22)11(14)24-10/h2-5H,1H3,(H,18,20). The third kappa shape index (κ3) is 3.77. The van der Waals surface area contributed by atoms with Gasteiger partial charge in [-0.05, 0) is 18.2 Å². The van der Waals surface area contributed by atoms with Crippen LogP contribution in [-0.2, 0) is 6.18 Å². The zero-order valence-electron chi connectivity index (χ0n) is 11.8. The van der Waals surface area contributed by atoms with Crippen molar-refractivity contribution in [3.63, 3.8) is 0 Å². The fourth-order valence-corrected chi connectivity index (χ4v) is 2.88. The third-order valence-corrected chi connectivity index (χ3v) is 4.20. The average molecular weight is 381 g/mol. The molecule has 6 nitrogen and oxygen atoms in total. The Morgan fingerprint density at radius 2 is 2.04 bits per heavy atom. The molecule has 128 valence electrons. The number of carbonyl (C=O) groups excluding carboxylic acids is 1. The van der Waals surface area contributed by atoms with E-state index in [2.05, 4.69) is 5.32 Å². The highest BCUT2D eigenvalue weighted by Crippen LogP contribution is 2.37. The highest BCUT2D eigenvalue weighted by molar-refractivity contribution is 7.18. The number of benzene rings is 1. The van der Waals surface area contributed by atoms with Crippen LogP contribution in [0, 0.1) is 10.1 Å². The second-order valence-electron chi connectivity index (χ2n) is 4.39. The molecule has 0 bridgehead atoms. The molecule has 0 radical (unpaired) electrons. The molecular weight excluding hydrogens is 373 g/mol. The summed E-state index contributed by atoms with van der Waals surface area (Å²) in [5, 5.41) is 13.0. The Labute approximate surface area is 142 Å². The summed E-state index contributed by atoms with van der Waals surface area (Å²) < 4.78 is 43.0. The Bertz CT molecular complexity index is 807. The van der Waals surface area contributed by atoms with Gasteiger partial charge in [-0.25, -0.2) is 0 Å². The zero-order chi connectivity index (χ0) is 18.1. The van der Waals surface area contributed by atoms with E-state index in [0.717, 1.165) is 18.2 Å². The molecule has 0 spiro atoms. The molecule has 1 amide bonds. The largest absolute Gasteiger partial charge is 0.495 e. The maximum Gasteiger partial charge on any atom is 0.416 e. The molecule has 2 rings (SSSR count). The number of methoxy groups -OCH3 is 1. The lowest BCUT2D eigenvalue weighted by atomic mass is 10.1. The molecule has 0 saturated carbocycles. The topological polar surface area (TPSA) is 81.5 Å². The average Bonchev–Trinajstić information content (AvgIpc) is 2.88. The van der Waals surface area contributed by atoms with Gasteiger partial charge in [0.15, 0.2) is 4.34 Å². The van der Waals surface area contributed by atoms with Crippen LogP contribution >= 0.6 is 22.9 Å². The van der Waals surface area contributed by atoms with Crippen molar-refractivity contribution < 1.29 is 27.6 Å². The molecule has 24 heavy (non-hydrogen) atoms. The first-order chi connectivity index (χ1) is 11.1. The van der Waals surface area contributed by atoms with Crippen molar-refractivity contribution in [3.8, 4) is 5.75 Å². The zero-order valence-corrected chi connectivity index (χ0v) is 13.4. The highest BCUT2D eigenvalue weighted by Gasteiger charge is 2.31. The fourth-order valence-electron chi connectivity index (χ4n) is 1.76. The molecule has 0 aliphatic rings. The first kappa shape index (κ1) is 18.0. The van der Waals surface area contributed by atoms with Crippen LogP contribution in [0.3, 0.4) is 0 Å². The van der Waals surface area contributed by atoms with E-state index in [4.69, 9.17) is 16.3 Å². The second-order valence-corrected chi connectivity index (χ2v) is 6.05. The Hall–Kier alpha value is -2.33. The number of amides is 1. The molecule has 0 fully saturated rings. The van der Waals surface area contributed by atoms with E-state index in [0.29, 0.717) is 17.4 Å². The molecule has 1 heterocycles. The minimum absolute atomic E-state index is 0.00787. The van der Waals surface area contributed by atoms with Crippen LogP contribution in [0.2, 0.25) is 4.34 Å². The number of hydrogen-bond donors (Lipinski definition) is 1. The lowest BCUT2D eigenvalue weighted by Gasteiger charge is -2.13. The van der Waals surface area contributed by atoms with E-state index in [9.17, 15) is 28.1 Å². The first-order valence-corrected chi connectivity index (χ1v) is 7.33. The molecule has 1 aromatic heterocycles. The van der Waals surface area contributed by atoms with Crippen molar-refractivity contribution in [2.45, 2.75) is 6.18 Å². The minimum Gasteiger partial charge on any atom is -0.495 e. The molecule has 2 aromatic rings. The number of carbonyl (C=O) groups is 1. The predicted octanol–water partition coefficient (Wildman–Crippen LogP) is 4.59. The van der Waals surface area contributed by atoms with E-state index >= 15 is 0 Å². The summed E-state index contributed by atoms with van der Waals surface area (Å²) in [6.07, 6.45) is -4.60. The van der Waals surface area contributed by atoms with E-state index in [-0.39, 0.29) is 20.7 Å². The van der Waals surface area contributed by atoms with Crippen LogP contribution in [0.15, 0.2) is 24.3 Å². The quantitative estimate of drug-likeness (QED) is 0.621. The van der Waals surface area contributed by atoms with Gasteiger partial charge in [0.25, 0.3) is 11.6 Å². The summed E-state index contributed by atoms with van der Waals surface area (Å²) in [6.45, 7) is 0. The Morgan fingerprint density at radius 3 is 2.54 bits per heavy atom. The summed E-state index contributed by atoms with van der Waals surface area (Å²) in [5.74, 6) is -0.832. The van der Waals surface area contributed by atoms with Gasteiger partial charge in [0, 0.05) is 6.07 Å². The second kappa shape index (κ2) is 6.65. The van der Waals surface area contributed by atoms with Crippen molar-refractivity contribution in [3.05, 3.63) is 49.2 Å². The lowest BCUT2D eigenvalue weighted by molar-refractivity contribution is -0.384. The normalized spacial score (nSPS) is 11.2. The maximum absolute atomic E-state index is 12.8. The van der Waals surface area contributed by atoms with Gasteiger partial charge in [0.2, 0.25) is 0 Å². The maximum atomic E-state index is 12.8. The van der Waals surface area contributed by atoms with Gasteiger partial charge in [-0.15, -0.1) is 11.3 Å². The minimum atomic E-state index is -4.60. The summed E-state index contributed by atoms with van der Waals surface area (Å²) in [6, 6.07) is 3.52. The molecule has 0 aliphatic heterocycles. The van der Waals surface area contributed by atoms with Crippen LogP contribution in [0.5, 0.6) is 5.75 Å². The molecule has 1 N–H and O–H groups in total. The van der Waals surface area contributed by atoms with Crippen LogP contribution in [-0.4, -0.2) is 17.9 Å². The van der Waals surface area contributed by atoms with Crippen molar-refractivity contribution in [2.75, 3.05) is 12.4 Å². The summed E-state index contributed by atoms with van der Waals surface area (Å²) in [4.78, 5) is 22.0. The smallest absolute Gasteiger partial charge is 0.416 e. The summed E-state index contributed by atoms with van der Waals surface area (Å²) in [7, 11) is 1.23. The Balaban J connectivity index is 2.34. The van der Waals surface area contributed by atoms with E-state index < -0.39 is 28.3 Å². The first-order valence-electron chi connectivity index (χ1n) is 6.13. The predicted molar refractivity (Wildman–Crippen MR) is 81.9 cm³/mol. The van der Waals surface area contributed by atoms with Crippen LogP contribution < -0.4 is 10.1 Å². The fraction of sp³-hybridized carbons (Fsp3) is 0.154. The summed E-state index contributed by atoms with van der Waals surface area (Å²) in [5.41, 5.74) is -1.65. The number of nitro groups is 1. The van der Waals surface area contributed by atoms with E-state index in [1.807, 2.05) is 0 Å². The number of rotatable bonds is 4. The molecule has 0 saturated heterocycles. The van der Waals surface area contributed by atoms with E-state index in [1.165, 1.54) is 7.11 Å². The molecular formula is C13H8ClF3N2O4S. The van der Waals surface area contributed by atoms with Crippen molar-refractivity contribution in [1.29, 1.82) is 0 Å². The van der Waals surface area contributed by atoms with Gasteiger partial charge in [0.05, 0.1) is 23.3 Å². The van der Waals surface area contributed by atoms with Gasteiger partial charge < -0.3 is 10.1 Å². The Morgan fingerprint density at radius 1 is 1.38 bits per heavy atom. The SMILES string of the molecule is COc1ccc(C(F)(F)F)cc1NC(=O)c1cc([N+](=O)[O-])c(Cl)s1. The number of thiophene rings is 1. The van der Waals surface area contributed by atoms with E-state index in [1.54, 1.807) is 0 Å². The number of hydrogen-bond acceptors (Lipinski definition) is 5. The van der Waals surface area contributed by atoms with Crippen molar-refractivity contribution >= 4 is 40.2 Å². The highest BCUT2D eigenvalue weighted by atomic mass is 35.5. The van der Waals surface area contributed by atoms with Crippen molar-refractivity contribution in [2.24, 2.45) is 0 Å². The number of halogens is 4. The lowest BCUT2D eigenvalue weighted by Crippen LogP contribution is -2.13. The number of alkyl halides is 3. The number of anilines is 1. The van der Waals surface area contributed by atoms with Gasteiger partial charge in [-0.3, -0.25) is 14.9 Å². The third-order valence-electron chi connectivity index (χ3n) is 2.86. The van der Waals surface area contributed by atoms with Crippen LogP contribution in [0.25, 0.3) is 0 Å². The van der Waals surface area contributed by atoms with Gasteiger partial charge in [0.1, 0.15) is 10.6 Å². The number of ether oxygens (including phenoxy) is 1. The molecule has 0 aliphatic carbocycles. The van der Waals surface area contributed by atoms with Gasteiger partial charge in [-0.1, -0.05) is 11.6 Å². The number of nitrogens with one attached hydrogen (secondary N) is 1. The van der Waals surface area contributed by atoms with Gasteiger partial charge >= 0.3 is 6.18 Å². The van der Waals surface area contributed by atoms with Crippen LogP contribution in [0.4, 0.5) is 24.5 Å². The van der Waals surface area contributed by atoms with Gasteiger partial charge in [-0.2, -0.15) is 13.2 Å². The van der Waals surface area contributed by atoms with Crippen LogP contribution in [0.1, 0.15) is 15.2 Å². The number of nitrogens with zero attached hydrogens (tertiary/aromatic N) is 1. The molecule has 1 aromatic carbocycles. The van der Waals surface area contributed by atoms with Crippen molar-refractivity contribution in [1.82, 2.24) is 0 Å². The molecule has 0 unspecified atom stereocenters. The monoisotopic (exact) mass is 380 g/mol. The Kier molecular flexibility index (Phi) is 4.99. The summed E-state index contributed by atoms with van der Waals surface area (Å²) >= 11 is 6.30. The molecule has 11 heteroatoms.